The molecule has 1 fully saturated rings. The molecule has 3 amide bonds. The summed E-state index contributed by atoms with van der Waals surface area (Å²) in [6, 6.07) is 9.59. The van der Waals surface area contributed by atoms with Gasteiger partial charge in [-0.15, -0.1) is 0 Å². The van der Waals surface area contributed by atoms with E-state index in [9.17, 15) is 9.59 Å². The first kappa shape index (κ1) is 12.4. The molecule has 0 bridgehead atoms. The topological polar surface area (TPSA) is 52.7 Å². The monoisotopic (exact) mass is 247 g/mol. The van der Waals surface area contributed by atoms with Gasteiger partial charge >= 0.3 is 6.03 Å². The molecule has 0 unspecified atom stereocenters. The summed E-state index contributed by atoms with van der Waals surface area (Å²) in [5.41, 5.74) is 1.07. The van der Waals surface area contributed by atoms with E-state index in [-0.39, 0.29) is 18.5 Å². The Morgan fingerprint density at radius 3 is 2.72 bits per heavy atom. The largest absolute Gasteiger partial charge is 0.338 e. The van der Waals surface area contributed by atoms with Crippen molar-refractivity contribution < 1.29 is 9.59 Å². The Bertz CT molecular complexity index is 433. The summed E-state index contributed by atoms with van der Waals surface area (Å²) >= 11 is 0. The number of nitrogens with zero attached hydrogens (tertiary/aromatic N) is 2. The lowest BCUT2D eigenvalue weighted by Gasteiger charge is -2.18. The highest BCUT2D eigenvalue weighted by atomic mass is 16.2. The third kappa shape index (κ3) is 2.80. The average Bonchev–Trinajstić information content (AvgIpc) is 2.73. The SMILES string of the molecule is CCNC(=O)N1CC(=O)N(Cc2ccccc2)C1. The summed E-state index contributed by atoms with van der Waals surface area (Å²) in [6.45, 7) is 3.51. The molecule has 0 radical (unpaired) electrons. The van der Waals surface area contributed by atoms with E-state index in [1.54, 1.807) is 4.90 Å². The Labute approximate surface area is 106 Å². The van der Waals surface area contributed by atoms with Gasteiger partial charge in [-0.2, -0.15) is 0 Å². The second-order valence-electron chi connectivity index (χ2n) is 4.25. The van der Waals surface area contributed by atoms with Gasteiger partial charge in [0.05, 0.1) is 6.67 Å². The molecule has 96 valence electrons. The van der Waals surface area contributed by atoms with Gasteiger partial charge in [0.15, 0.2) is 0 Å². The molecular weight excluding hydrogens is 230 g/mol. The normalized spacial score (nSPS) is 15.1. The number of rotatable bonds is 3. The number of amides is 3. The van der Waals surface area contributed by atoms with Gasteiger partial charge in [-0.05, 0) is 12.5 Å². The Hall–Kier alpha value is -2.04. The van der Waals surface area contributed by atoms with Crippen molar-refractivity contribution in [3.63, 3.8) is 0 Å². The maximum atomic E-state index is 11.8. The van der Waals surface area contributed by atoms with Gasteiger partial charge in [0, 0.05) is 13.1 Å². The lowest BCUT2D eigenvalue weighted by Crippen LogP contribution is -2.39. The quantitative estimate of drug-likeness (QED) is 0.867. The number of urea groups is 1. The Kier molecular flexibility index (Phi) is 3.82. The van der Waals surface area contributed by atoms with E-state index >= 15 is 0 Å². The molecule has 0 atom stereocenters. The third-order valence-corrected chi connectivity index (χ3v) is 2.85. The number of hydrogen-bond donors (Lipinski definition) is 1. The zero-order valence-electron chi connectivity index (χ0n) is 10.4. The molecule has 1 aliphatic heterocycles. The second kappa shape index (κ2) is 5.53. The highest BCUT2D eigenvalue weighted by Crippen LogP contribution is 2.11. The Morgan fingerprint density at radius 1 is 1.33 bits per heavy atom. The summed E-state index contributed by atoms with van der Waals surface area (Å²) < 4.78 is 0. The van der Waals surface area contributed by atoms with Crippen molar-refractivity contribution in [2.24, 2.45) is 0 Å². The highest BCUT2D eigenvalue weighted by Gasteiger charge is 2.30. The van der Waals surface area contributed by atoms with Crippen LogP contribution in [0.4, 0.5) is 4.79 Å². The molecular formula is C13H17N3O2. The summed E-state index contributed by atoms with van der Waals surface area (Å²) in [5.74, 6) is -0.00916. The molecule has 1 aromatic carbocycles. The van der Waals surface area contributed by atoms with Crippen LogP contribution in [0.15, 0.2) is 30.3 Å². The molecule has 1 aromatic rings. The standard InChI is InChI=1S/C13H17N3O2/c1-2-14-13(18)16-9-12(17)15(10-16)8-11-6-4-3-5-7-11/h3-7H,2,8-10H2,1H3,(H,14,18). The van der Waals surface area contributed by atoms with Crippen LogP contribution >= 0.6 is 0 Å². The fourth-order valence-corrected chi connectivity index (χ4v) is 1.94. The van der Waals surface area contributed by atoms with Crippen molar-refractivity contribution >= 4 is 11.9 Å². The molecule has 1 N–H and O–H groups in total. The van der Waals surface area contributed by atoms with E-state index in [4.69, 9.17) is 0 Å². The van der Waals surface area contributed by atoms with Crippen LogP contribution in [0, 0.1) is 0 Å². The minimum Gasteiger partial charge on any atom is -0.338 e. The molecule has 1 aliphatic rings. The Balaban J connectivity index is 1.95. The minimum atomic E-state index is -0.179. The maximum absolute atomic E-state index is 11.8. The van der Waals surface area contributed by atoms with Crippen LogP contribution in [0.1, 0.15) is 12.5 Å². The van der Waals surface area contributed by atoms with Crippen molar-refractivity contribution in [1.82, 2.24) is 15.1 Å². The van der Waals surface area contributed by atoms with Gasteiger partial charge in [-0.1, -0.05) is 30.3 Å². The van der Waals surface area contributed by atoms with Crippen LogP contribution in [0.25, 0.3) is 0 Å². The van der Waals surface area contributed by atoms with Gasteiger partial charge < -0.3 is 10.2 Å². The molecule has 0 aliphatic carbocycles. The molecule has 0 saturated carbocycles. The lowest BCUT2D eigenvalue weighted by atomic mass is 10.2. The van der Waals surface area contributed by atoms with Crippen LogP contribution in [0.5, 0.6) is 0 Å². The minimum absolute atomic E-state index is 0.00916. The predicted octanol–water partition coefficient (Wildman–Crippen LogP) is 1.02. The van der Waals surface area contributed by atoms with Crippen molar-refractivity contribution in [3.05, 3.63) is 35.9 Å². The summed E-state index contributed by atoms with van der Waals surface area (Å²) in [6.07, 6.45) is 0. The number of carbonyl (C=O) groups is 2. The van der Waals surface area contributed by atoms with Gasteiger partial charge in [-0.3, -0.25) is 9.69 Å². The first-order valence-corrected chi connectivity index (χ1v) is 6.05. The fraction of sp³-hybridized carbons (Fsp3) is 0.385. The zero-order valence-corrected chi connectivity index (χ0v) is 10.4. The van der Waals surface area contributed by atoms with Crippen LogP contribution < -0.4 is 5.32 Å². The van der Waals surface area contributed by atoms with Crippen molar-refractivity contribution in [1.29, 1.82) is 0 Å². The molecule has 18 heavy (non-hydrogen) atoms. The maximum Gasteiger partial charge on any atom is 0.319 e. The van der Waals surface area contributed by atoms with E-state index in [1.165, 1.54) is 4.90 Å². The van der Waals surface area contributed by atoms with E-state index in [0.29, 0.717) is 19.8 Å². The molecule has 1 saturated heterocycles. The number of hydrogen-bond acceptors (Lipinski definition) is 2. The van der Waals surface area contributed by atoms with E-state index < -0.39 is 0 Å². The first-order chi connectivity index (χ1) is 8.70. The van der Waals surface area contributed by atoms with Crippen LogP contribution in [-0.4, -0.2) is 41.5 Å². The fourth-order valence-electron chi connectivity index (χ4n) is 1.94. The van der Waals surface area contributed by atoms with Gasteiger partial charge in [0.2, 0.25) is 5.91 Å². The molecule has 2 rings (SSSR count). The smallest absolute Gasteiger partial charge is 0.319 e. The van der Waals surface area contributed by atoms with Gasteiger partial charge in [0.25, 0.3) is 0 Å². The first-order valence-electron chi connectivity index (χ1n) is 6.05. The number of nitrogens with one attached hydrogen (secondary N) is 1. The molecule has 1 heterocycles. The van der Waals surface area contributed by atoms with Gasteiger partial charge in [0.1, 0.15) is 6.54 Å². The van der Waals surface area contributed by atoms with Crippen molar-refractivity contribution in [2.75, 3.05) is 19.8 Å². The van der Waals surface area contributed by atoms with Crippen molar-refractivity contribution in [3.8, 4) is 0 Å². The Morgan fingerprint density at radius 2 is 2.06 bits per heavy atom. The van der Waals surface area contributed by atoms with Crippen LogP contribution in [-0.2, 0) is 11.3 Å². The molecule has 0 aromatic heterocycles. The van der Waals surface area contributed by atoms with Crippen LogP contribution in [0.2, 0.25) is 0 Å². The van der Waals surface area contributed by atoms with E-state index in [1.807, 2.05) is 37.3 Å². The third-order valence-electron chi connectivity index (χ3n) is 2.85. The summed E-state index contributed by atoms with van der Waals surface area (Å²) in [7, 11) is 0. The van der Waals surface area contributed by atoms with E-state index in [0.717, 1.165) is 5.56 Å². The zero-order chi connectivity index (χ0) is 13.0. The summed E-state index contributed by atoms with van der Waals surface area (Å²) in [5, 5.41) is 2.70. The lowest BCUT2D eigenvalue weighted by molar-refractivity contribution is -0.127. The molecule has 5 nitrogen and oxygen atoms in total. The average molecular weight is 247 g/mol. The number of carbonyl (C=O) groups excluding carboxylic acids is 2. The van der Waals surface area contributed by atoms with Crippen molar-refractivity contribution in [2.45, 2.75) is 13.5 Å². The van der Waals surface area contributed by atoms with Crippen LogP contribution in [0.3, 0.4) is 0 Å². The van der Waals surface area contributed by atoms with E-state index in [2.05, 4.69) is 5.32 Å². The molecule has 5 heteroatoms. The predicted molar refractivity (Wildman–Crippen MR) is 67.6 cm³/mol. The molecule has 0 spiro atoms. The second-order valence-corrected chi connectivity index (χ2v) is 4.25. The summed E-state index contributed by atoms with van der Waals surface area (Å²) in [4.78, 5) is 26.6. The number of benzene rings is 1. The van der Waals surface area contributed by atoms with Gasteiger partial charge in [-0.25, -0.2) is 4.79 Å². The highest BCUT2D eigenvalue weighted by molar-refractivity contribution is 5.87.